The average molecular weight is 934 g/mol. The van der Waals surface area contributed by atoms with E-state index in [-0.39, 0.29) is 31.1 Å². The predicted molar refractivity (Wildman–Crippen MR) is 284 cm³/mol. The molecule has 0 unspecified atom stereocenters. The number of rotatable bonds is 54. The molecule has 0 aliphatic rings. The van der Waals surface area contributed by atoms with Gasteiger partial charge in [-0.15, -0.1) is 0 Å². The molecule has 0 spiro atoms. The first-order valence-corrected chi connectivity index (χ1v) is 29.7. The van der Waals surface area contributed by atoms with Gasteiger partial charge in [-0.05, 0) is 31.1 Å². The average Bonchev–Trinajstić information content (AvgIpc) is 3.29. The lowest BCUT2D eigenvalue weighted by Gasteiger charge is -2.18. The largest absolute Gasteiger partial charge is 0.462 e. The molecule has 0 fully saturated rings. The summed E-state index contributed by atoms with van der Waals surface area (Å²) in [5, 5.41) is 0. The fourth-order valence-corrected chi connectivity index (χ4v) is 9.23. The third-order valence-electron chi connectivity index (χ3n) is 13.7. The molecule has 0 bridgehead atoms. The molecule has 0 saturated heterocycles. The van der Waals surface area contributed by atoms with Gasteiger partial charge in [-0.3, -0.25) is 14.4 Å². The van der Waals surface area contributed by atoms with Crippen molar-refractivity contribution in [2.75, 3.05) is 13.2 Å². The first-order valence-electron chi connectivity index (χ1n) is 29.7. The minimum absolute atomic E-state index is 0.0625. The molecule has 0 rings (SSSR count). The van der Waals surface area contributed by atoms with Crippen LogP contribution >= 0.6 is 0 Å². The summed E-state index contributed by atoms with van der Waals surface area (Å²) in [6.07, 6.45) is 56.7. The van der Waals surface area contributed by atoms with Gasteiger partial charge in [0.05, 0.1) is 0 Å². The number of ether oxygens (including phenoxy) is 3. The van der Waals surface area contributed by atoms with Gasteiger partial charge in [0.2, 0.25) is 0 Å². The Morgan fingerprint density at radius 1 is 0.288 bits per heavy atom. The standard InChI is InChI=1S/C60H116O6/c1-6-7-8-9-10-11-12-19-25-30-35-40-45-50-58(61)64-53-57(66-60(63)52-47-42-37-32-27-22-24-29-34-39-44-49-56(4)5)54-65-59(62)51-46-41-36-31-26-21-18-16-14-13-15-17-20-23-28-33-38-43-48-55(2)3/h55-57H,6-54H2,1-5H3/t57-/m0/s1. The van der Waals surface area contributed by atoms with Crippen LogP contribution in [-0.4, -0.2) is 37.2 Å². The van der Waals surface area contributed by atoms with E-state index in [1.54, 1.807) is 0 Å². The van der Waals surface area contributed by atoms with Crippen molar-refractivity contribution in [3.63, 3.8) is 0 Å². The summed E-state index contributed by atoms with van der Waals surface area (Å²) in [6, 6.07) is 0. The van der Waals surface area contributed by atoms with Crippen molar-refractivity contribution < 1.29 is 28.6 Å². The molecule has 0 heterocycles. The molecule has 0 aromatic heterocycles. The summed E-state index contributed by atoms with van der Waals surface area (Å²) < 4.78 is 16.9. The van der Waals surface area contributed by atoms with E-state index >= 15 is 0 Å². The van der Waals surface area contributed by atoms with Crippen molar-refractivity contribution in [1.29, 1.82) is 0 Å². The number of carbonyl (C=O) groups is 3. The molecule has 66 heavy (non-hydrogen) atoms. The van der Waals surface area contributed by atoms with Crippen LogP contribution < -0.4 is 0 Å². The van der Waals surface area contributed by atoms with E-state index in [1.807, 2.05) is 0 Å². The molecular formula is C60H116O6. The number of unbranched alkanes of at least 4 members (excludes halogenated alkanes) is 39. The molecule has 0 aliphatic carbocycles. The van der Waals surface area contributed by atoms with Crippen LogP contribution in [-0.2, 0) is 28.6 Å². The van der Waals surface area contributed by atoms with Gasteiger partial charge in [0, 0.05) is 19.3 Å². The second-order valence-electron chi connectivity index (χ2n) is 21.6. The number of hydrogen-bond acceptors (Lipinski definition) is 6. The molecule has 0 aromatic rings. The van der Waals surface area contributed by atoms with E-state index in [0.717, 1.165) is 69.6 Å². The maximum absolute atomic E-state index is 12.8. The lowest BCUT2D eigenvalue weighted by atomic mass is 10.0. The summed E-state index contributed by atoms with van der Waals surface area (Å²) in [6.45, 7) is 11.4. The van der Waals surface area contributed by atoms with Crippen LogP contribution in [0.1, 0.15) is 336 Å². The van der Waals surface area contributed by atoms with Gasteiger partial charge in [-0.1, -0.05) is 298 Å². The molecule has 6 heteroatoms. The SMILES string of the molecule is CCCCCCCCCCCCCCCC(=O)OC[C@@H](COC(=O)CCCCCCCCCCCCCCCCCCCCC(C)C)OC(=O)CCCCCCCCCCCCCC(C)C. The molecule has 0 amide bonds. The Balaban J connectivity index is 4.24. The van der Waals surface area contributed by atoms with Crippen molar-refractivity contribution in [3.8, 4) is 0 Å². The first kappa shape index (κ1) is 64.4. The minimum Gasteiger partial charge on any atom is -0.462 e. The molecule has 0 N–H and O–H groups in total. The zero-order chi connectivity index (χ0) is 48.2. The molecule has 0 aliphatic heterocycles. The second-order valence-corrected chi connectivity index (χ2v) is 21.6. The fraction of sp³-hybridized carbons (Fsp3) is 0.950. The molecule has 1 atom stereocenters. The molecular weight excluding hydrogens is 817 g/mol. The van der Waals surface area contributed by atoms with E-state index in [9.17, 15) is 14.4 Å². The van der Waals surface area contributed by atoms with E-state index in [0.29, 0.717) is 19.3 Å². The Bertz CT molecular complexity index is 1010. The molecule has 0 aromatic carbocycles. The van der Waals surface area contributed by atoms with Gasteiger partial charge in [-0.25, -0.2) is 0 Å². The highest BCUT2D eigenvalue weighted by molar-refractivity contribution is 5.71. The van der Waals surface area contributed by atoms with Crippen molar-refractivity contribution in [1.82, 2.24) is 0 Å². The lowest BCUT2D eigenvalue weighted by Crippen LogP contribution is -2.30. The summed E-state index contributed by atoms with van der Waals surface area (Å²) in [5.41, 5.74) is 0. The Kier molecular flexibility index (Phi) is 51.5. The highest BCUT2D eigenvalue weighted by Gasteiger charge is 2.19. The van der Waals surface area contributed by atoms with Crippen molar-refractivity contribution in [3.05, 3.63) is 0 Å². The second kappa shape index (κ2) is 52.8. The van der Waals surface area contributed by atoms with Gasteiger partial charge >= 0.3 is 17.9 Å². The van der Waals surface area contributed by atoms with Crippen LogP contribution in [0.4, 0.5) is 0 Å². The van der Waals surface area contributed by atoms with Crippen LogP contribution in [0.5, 0.6) is 0 Å². The third-order valence-corrected chi connectivity index (χ3v) is 13.7. The van der Waals surface area contributed by atoms with Crippen LogP contribution in [0.15, 0.2) is 0 Å². The Morgan fingerprint density at radius 2 is 0.500 bits per heavy atom. The number of esters is 3. The maximum Gasteiger partial charge on any atom is 0.306 e. The van der Waals surface area contributed by atoms with E-state index < -0.39 is 6.10 Å². The van der Waals surface area contributed by atoms with Crippen LogP contribution in [0.25, 0.3) is 0 Å². The highest BCUT2D eigenvalue weighted by Crippen LogP contribution is 2.18. The van der Waals surface area contributed by atoms with Crippen molar-refractivity contribution in [2.24, 2.45) is 11.8 Å². The van der Waals surface area contributed by atoms with Gasteiger partial charge in [-0.2, -0.15) is 0 Å². The summed E-state index contributed by atoms with van der Waals surface area (Å²) in [5.74, 6) is 0.846. The monoisotopic (exact) mass is 933 g/mol. The minimum atomic E-state index is -0.762. The molecule has 6 nitrogen and oxygen atoms in total. The smallest absolute Gasteiger partial charge is 0.306 e. The quantitative estimate of drug-likeness (QED) is 0.0343. The normalized spacial score (nSPS) is 12.0. The maximum atomic E-state index is 12.8. The van der Waals surface area contributed by atoms with Gasteiger partial charge in [0.25, 0.3) is 0 Å². The summed E-state index contributed by atoms with van der Waals surface area (Å²) >= 11 is 0. The zero-order valence-electron chi connectivity index (χ0n) is 45.3. The van der Waals surface area contributed by atoms with Crippen LogP contribution in [0.3, 0.4) is 0 Å². The third kappa shape index (κ3) is 53.4. The zero-order valence-corrected chi connectivity index (χ0v) is 45.3. The van der Waals surface area contributed by atoms with Gasteiger partial charge < -0.3 is 14.2 Å². The number of hydrogen-bond donors (Lipinski definition) is 0. The summed E-state index contributed by atoms with van der Waals surface area (Å²) in [7, 11) is 0. The fourth-order valence-electron chi connectivity index (χ4n) is 9.23. The summed E-state index contributed by atoms with van der Waals surface area (Å²) in [4.78, 5) is 38.1. The molecule has 0 radical (unpaired) electrons. The molecule has 0 saturated carbocycles. The van der Waals surface area contributed by atoms with Crippen LogP contribution in [0.2, 0.25) is 0 Å². The lowest BCUT2D eigenvalue weighted by molar-refractivity contribution is -0.167. The topological polar surface area (TPSA) is 78.9 Å². The number of carbonyl (C=O) groups excluding carboxylic acids is 3. The van der Waals surface area contributed by atoms with Gasteiger partial charge in [0.15, 0.2) is 6.10 Å². The van der Waals surface area contributed by atoms with Crippen LogP contribution in [0, 0.1) is 11.8 Å². The van der Waals surface area contributed by atoms with E-state index in [1.165, 1.54) is 225 Å². The highest BCUT2D eigenvalue weighted by atomic mass is 16.6. The first-order chi connectivity index (χ1) is 32.2. The Labute approximate surface area is 412 Å². The Hall–Kier alpha value is -1.59. The van der Waals surface area contributed by atoms with Crippen molar-refractivity contribution >= 4 is 17.9 Å². The van der Waals surface area contributed by atoms with Crippen molar-refractivity contribution in [2.45, 2.75) is 343 Å². The van der Waals surface area contributed by atoms with Gasteiger partial charge in [0.1, 0.15) is 13.2 Å². The van der Waals surface area contributed by atoms with E-state index in [2.05, 4.69) is 34.6 Å². The van der Waals surface area contributed by atoms with E-state index in [4.69, 9.17) is 14.2 Å². The molecule has 392 valence electrons. The Morgan fingerprint density at radius 3 is 0.742 bits per heavy atom. The predicted octanol–water partition coefficient (Wildman–Crippen LogP) is 19.7.